The van der Waals surface area contributed by atoms with E-state index in [1.165, 1.54) is 32.4 Å². The lowest BCUT2D eigenvalue weighted by Crippen LogP contribution is -2.42. The van der Waals surface area contributed by atoms with E-state index in [0.29, 0.717) is 0 Å². The highest BCUT2D eigenvalue weighted by molar-refractivity contribution is 5.03. The van der Waals surface area contributed by atoms with Gasteiger partial charge in [0.05, 0.1) is 6.07 Å². The lowest BCUT2D eigenvalue weighted by Gasteiger charge is -2.37. The van der Waals surface area contributed by atoms with Crippen LogP contribution in [-0.4, -0.2) is 36.1 Å². The van der Waals surface area contributed by atoms with Gasteiger partial charge in [-0.25, -0.2) is 0 Å². The maximum Gasteiger partial charge on any atom is 0.103 e. The average molecular weight is 265 g/mol. The predicted octanol–water partition coefficient (Wildman–Crippen LogP) is 3.17. The molecule has 19 heavy (non-hydrogen) atoms. The molecule has 1 aliphatic heterocycles. The van der Waals surface area contributed by atoms with Crippen LogP contribution in [0.15, 0.2) is 0 Å². The maximum absolute atomic E-state index is 9.22. The van der Waals surface area contributed by atoms with Gasteiger partial charge in [0, 0.05) is 12.6 Å². The van der Waals surface area contributed by atoms with Crippen molar-refractivity contribution in [2.45, 2.75) is 71.4 Å². The summed E-state index contributed by atoms with van der Waals surface area (Å²) >= 11 is 0. The normalized spacial score (nSPS) is 27.7. The van der Waals surface area contributed by atoms with Crippen LogP contribution in [0, 0.1) is 17.2 Å². The number of nitriles is 1. The van der Waals surface area contributed by atoms with E-state index in [4.69, 9.17) is 0 Å². The highest BCUT2D eigenvalue weighted by atomic mass is 15.2. The Morgan fingerprint density at radius 1 is 1.32 bits per heavy atom. The molecule has 0 bridgehead atoms. The first-order chi connectivity index (χ1) is 9.00. The molecule has 0 saturated carbocycles. The average Bonchev–Trinajstić information content (AvgIpc) is 2.39. The van der Waals surface area contributed by atoms with Crippen LogP contribution < -0.4 is 5.32 Å². The summed E-state index contributed by atoms with van der Waals surface area (Å²) in [6.07, 6.45) is 6.02. The second-order valence-electron chi connectivity index (χ2n) is 6.46. The Morgan fingerprint density at radius 2 is 2.05 bits per heavy atom. The van der Waals surface area contributed by atoms with Gasteiger partial charge in [0.25, 0.3) is 0 Å². The highest BCUT2D eigenvalue weighted by Crippen LogP contribution is 2.22. The van der Waals surface area contributed by atoms with Gasteiger partial charge in [-0.2, -0.15) is 5.26 Å². The van der Waals surface area contributed by atoms with Gasteiger partial charge in [-0.15, -0.1) is 0 Å². The molecule has 1 heterocycles. The summed E-state index contributed by atoms with van der Waals surface area (Å²) in [5.74, 6) is 0.849. The Kier molecular flexibility index (Phi) is 6.82. The summed E-state index contributed by atoms with van der Waals surface area (Å²) < 4.78 is 0. The van der Waals surface area contributed by atoms with Crippen molar-refractivity contribution < 1.29 is 0 Å². The molecule has 1 N–H and O–H groups in total. The number of hydrogen-bond acceptors (Lipinski definition) is 3. The fourth-order valence-electron chi connectivity index (χ4n) is 3.06. The van der Waals surface area contributed by atoms with Crippen molar-refractivity contribution in [1.82, 2.24) is 10.2 Å². The zero-order chi connectivity index (χ0) is 14.3. The monoisotopic (exact) mass is 265 g/mol. The van der Waals surface area contributed by atoms with E-state index in [1.54, 1.807) is 0 Å². The van der Waals surface area contributed by atoms with E-state index in [2.05, 4.69) is 37.1 Å². The van der Waals surface area contributed by atoms with Gasteiger partial charge < -0.3 is 4.90 Å². The minimum absolute atomic E-state index is 0.338. The van der Waals surface area contributed by atoms with E-state index in [9.17, 15) is 5.26 Å². The first kappa shape index (κ1) is 16.5. The zero-order valence-electron chi connectivity index (χ0n) is 13.2. The predicted molar refractivity (Wildman–Crippen MR) is 81.0 cm³/mol. The number of likely N-dealkylation sites (tertiary alicyclic amines) is 1. The zero-order valence-corrected chi connectivity index (χ0v) is 13.2. The van der Waals surface area contributed by atoms with E-state index in [-0.39, 0.29) is 5.54 Å². The third kappa shape index (κ3) is 5.50. The summed E-state index contributed by atoms with van der Waals surface area (Å²) in [7, 11) is 0. The molecule has 3 unspecified atom stereocenters. The third-order valence-corrected chi connectivity index (χ3v) is 4.43. The molecular formula is C16H31N3. The molecule has 3 heteroatoms. The number of nitrogens with one attached hydrogen (secondary N) is 1. The van der Waals surface area contributed by atoms with Gasteiger partial charge in [0.1, 0.15) is 5.54 Å². The van der Waals surface area contributed by atoms with Gasteiger partial charge >= 0.3 is 0 Å². The summed E-state index contributed by atoms with van der Waals surface area (Å²) in [4.78, 5) is 2.63. The molecule has 110 valence electrons. The van der Waals surface area contributed by atoms with Crippen LogP contribution in [0.4, 0.5) is 0 Å². The molecule has 1 aliphatic rings. The Balaban J connectivity index is 2.24. The standard InChI is InChI=1S/C16H31N3/c1-5-18-16(4,13-17)10-6-7-11-19-12-14(2)8-9-15(19)3/h14-15,18H,5-12H2,1-4H3. The third-order valence-electron chi connectivity index (χ3n) is 4.43. The van der Waals surface area contributed by atoms with E-state index in [1.807, 2.05) is 6.92 Å². The molecular weight excluding hydrogens is 234 g/mol. The minimum atomic E-state index is -0.338. The molecule has 3 nitrogen and oxygen atoms in total. The lowest BCUT2D eigenvalue weighted by atomic mass is 9.93. The first-order valence-electron chi connectivity index (χ1n) is 7.91. The highest BCUT2D eigenvalue weighted by Gasteiger charge is 2.24. The number of rotatable bonds is 7. The molecule has 1 rings (SSSR count). The van der Waals surface area contributed by atoms with Crippen LogP contribution in [0.2, 0.25) is 0 Å². The van der Waals surface area contributed by atoms with Crippen LogP contribution in [0.1, 0.15) is 59.8 Å². The number of piperidine rings is 1. The summed E-state index contributed by atoms with van der Waals surface area (Å²) in [6, 6.07) is 3.15. The van der Waals surface area contributed by atoms with Gasteiger partial charge in [0.2, 0.25) is 0 Å². The fourth-order valence-corrected chi connectivity index (χ4v) is 3.06. The lowest BCUT2D eigenvalue weighted by molar-refractivity contribution is 0.122. The topological polar surface area (TPSA) is 39.1 Å². The smallest absolute Gasteiger partial charge is 0.103 e. The van der Waals surface area contributed by atoms with Crippen molar-refractivity contribution in [1.29, 1.82) is 5.26 Å². The van der Waals surface area contributed by atoms with Crippen molar-refractivity contribution in [3.63, 3.8) is 0 Å². The molecule has 0 spiro atoms. The molecule has 0 radical (unpaired) electrons. The van der Waals surface area contributed by atoms with Crippen molar-refractivity contribution in [3.05, 3.63) is 0 Å². The molecule has 1 fully saturated rings. The van der Waals surface area contributed by atoms with Crippen LogP contribution in [0.5, 0.6) is 0 Å². The van der Waals surface area contributed by atoms with E-state index < -0.39 is 0 Å². The summed E-state index contributed by atoms with van der Waals surface area (Å²) in [6.45, 7) is 12.1. The van der Waals surface area contributed by atoms with Gasteiger partial charge in [0.15, 0.2) is 0 Å². The summed E-state index contributed by atoms with van der Waals surface area (Å²) in [5.41, 5.74) is -0.338. The molecule has 0 aliphatic carbocycles. The minimum Gasteiger partial charge on any atom is -0.300 e. The number of nitrogens with zero attached hydrogens (tertiary/aromatic N) is 2. The SMILES string of the molecule is CCNC(C)(C#N)CCCCN1CC(C)CCC1C. The fraction of sp³-hybridized carbons (Fsp3) is 0.938. The van der Waals surface area contributed by atoms with Crippen LogP contribution >= 0.6 is 0 Å². The largest absolute Gasteiger partial charge is 0.300 e. The van der Waals surface area contributed by atoms with Crippen molar-refractivity contribution in [2.75, 3.05) is 19.6 Å². The molecule has 1 saturated heterocycles. The number of hydrogen-bond donors (Lipinski definition) is 1. The van der Waals surface area contributed by atoms with Crippen LogP contribution in [-0.2, 0) is 0 Å². The van der Waals surface area contributed by atoms with Crippen molar-refractivity contribution in [3.8, 4) is 6.07 Å². The van der Waals surface area contributed by atoms with Crippen LogP contribution in [0.3, 0.4) is 0 Å². The first-order valence-corrected chi connectivity index (χ1v) is 7.91. The van der Waals surface area contributed by atoms with Gasteiger partial charge in [-0.3, -0.25) is 5.32 Å². The Hall–Kier alpha value is -0.590. The van der Waals surface area contributed by atoms with Crippen LogP contribution in [0.25, 0.3) is 0 Å². The Labute approximate surface area is 119 Å². The molecule has 0 amide bonds. The second kappa shape index (κ2) is 7.87. The molecule has 0 aromatic rings. The van der Waals surface area contributed by atoms with Gasteiger partial charge in [-0.05, 0) is 65.0 Å². The van der Waals surface area contributed by atoms with Crippen molar-refractivity contribution in [2.24, 2.45) is 5.92 Å². The maximum atomic E-state index is 9.22. The Morgan fingerprint density at radius 3 is 2.68 bits per heavy atom. The Bertz CT molecular complexity index is 297. The number of unbranched alkanes of at least 4 members (excludes halogenated alkanes) is 1. The van der Waals surface area contributed by atoms with Gasteiger partial charge in [-0.1, -0.05) is 13.8 Å². The molecule has 0 aromatic carbocycles. The summed E-state index contributed by atoms with van der Waals surface area (Å²) in [5, 5.41) is 12.5. The quantitative estimate of drug-likeness (QED) is 0.719. The van der Waals surface area contributed by atoms with Crippen molar-refractivity contribution >= 4 is 0 Å². The molecule has 3 atom stereocenters. The van der Waals surface area contributed by atoms with E-state index in [0.717, 1.165) is 31.3 Å². The molecule has 0 aromatic heterocycles. The second-order valence-corrected chi connectivity index (χ2v) is 6.46. The van der Waals surface area contributed by atoms with E-state index >= 15 is 0 Å².